The molecule has 7 nitrogen and oxygen atoms in total. The normalized spacial score (nSPS) is 19.1. The van der Waals surface area contributed by atoms with Crippen molar-refractivity contribution in [2.24, 2.45) is 13.0 Å². The molecule has 3 heterocycles. The Morgan fingerprint density at radius 1 is 1.33 bits per heavy atom. The van der Waals surface area contributed by atoms with Crippen LogP contribution in [0.15, 0.2) is 9.70 Å². The summed E-state index contributed by atoms with van der Waals surface area (Å²) in [4.78, 5) is 29.9. The number of rotatable bonds is 5. The Kier molecular flexibility index (Phi) is 7.01. The van der Waals surface area contributed by atoms with Crippen molar-refractivity contribution in [3.05, 3.63) is 31.9 Å². The van der Waals surface area contributed by atoms with E-state index in [1.165, 1.54) is 16.7 Å². The molecule has 2 fully saturated rings. The van der Waals surface area contributed by atoms with Crippen molar-refractivity contribution in [2.45, 2.75) is 26.7 Å². The lowest BCUT2D eigenvalue weighted by atomic mass is 9.97. The Morgan fingerprint density at radius 3 is 2.60 bits per heavy atom. The van der Waals surface area contributed by atoms with Gasteiger partial charge in [-0.25, -0.2) is 0 Å². The summed E-state index contributed by atoms with van der Waals surface area (Å²) in [5.74, 6) is 1.22. The number of hydrogen-bond acceptors (Lipinski definition) is 7. The number of nitrogens with zero attached hydrogens (tertiary/aromatic N) is 4. The van der Waals surface area contributed by atoms with Crippen LogP contribution in [0.3, 0.4) is 0 Å². The standard InChI is InChI=1S/C21H26N4O3S2/c1-13-5-7-24(8-6-13)18-15(14(2)16(12-22)19(26)23(18)3)11-17-20(27)25(9-10-28-4)21(29)30-17/h11,13H,5-10H2,1-4H3/b17-11+. The summed E-state index contributed by atoms with van der Waals surface area (Å²) in [6.07, 6.45) is 3.85. The van der Waals surface area contributed by atoms with E-state index in [0.29, 0.717) is 33.9 Å². The lowest BCUT2D eigenvalue weighted by molar-refractivity contribution is -0.122. The number of carbonyl (C=O) groups excluding carboxylic acids is 1. The molecule has 0 radical (unpaired) electrons. The summed E-state index contributed by atoms with van der Waals surface area (Å²) >= 11 is 6.62. The molecule has 0 atom stereocenters. The van der Waals surface area contributed by atoms with Crippen molar-refractivity contribution in [2.75, 3.05) is 38.3 Å². The molecule has 2 saturated heterocycles. The fraction of sp³-hybridized carbons (Fsp3) is 0.524. The number of nitriles is 1. The third-order valence-electron chi connectivity index (χ3n) is 5.72. The topological polar surface area (TPSA) is 78.6 Å². The number of pyridine rings is 1. The van der Waals surface area contributed by atoms with Crippen LogP contribution in [0.4, 0.5) is 5.82 Å². The van der Waals surface area contributed by atoms with Crippen LogP contribution in [-0.4, -0.2) is 53.0 Å². The summed E-state index contributed by atoms with van der Waals surface area (Å²) in [6, 6.07) is 2.04. The van der Waals surface area contributed by atoms with Gasteiger partial charge in [-0.2, -0.15) is 5.26 Å². The quantitative estimate of drug-likeness (QED) is 0.508. The molecule has 0 saturated carbocycles. The molecule has 160 valence electrons. The van der Waals surface area contributed by atoms with Crippen LogP contribution < -0.4 is 10.5 Å². The van der Waals surface area contributed by atoms with Crippen LogP contribution >= 0.6 is 24.0 Å². The van der Waals surface area contributed by atoms with E-state index in [0.717, 1.165) is 37.3 Å². The zero-order chi connectivity index (χ0) is 22.0. The minimum absolute atomic E-state index is 0.104. The zero-order valence-electron chi connectivity index (χ0n) is 17.7. The number of amides is 1. The maximum atomic E-state index is 12.9. The van der Waals surface area contributed by atoms with E-state index in [-0.39, 0.29) is 17.0 Å². The first-order chi connectivity index (χ1) is 14.3. The third kappa shape index (κ3) is 4.17. The Labute approximate surface area is 186 Å². The highest BCUT2D eigenvalue weighted by Gasteiger charge is 2.33. The van der Waals surface area contributed by atoms with Gasteiger partial charge in [0.2, 0.25) is 0 Å². The molecule has 30 heavy (non-hydrogen) atoms. The maximum Gasteiger partial charge on any atom is 0.270 e. The van der Waals surface area contributed by atoms with Gasteiger partial charge >= 0.3 is 0 Å². The molecule has 0 aromatic carbocycles. The molecule has 1 aromatic heterocycles. The van der Waals surface area contributed by atoms with Gasteiger partial charge in [0.1, 0.15) is 21.8 Å². The minimum atomic E-state index is -0.312. The van der Waals surface area contributed by atoms with Gasteiger partial charge in [-0.05, 0) is 37.3 Å². The Hall–Kier alpha value is -2.15. The number of aromatic nitrogens is 1. The van der Waals surface area contributed by atoms with Crippen molar-refractivity contribution in [1.29, 1.82) is 5.26 Å². The molecule has 3 rings (SSSR count). The average Bonchev–Trinajstić information content (AvgIpc) is 2.99. The van der Waals surface area contributed by atoms with Crippen LogP contribution in [0, 0.1) is 24.2 Å². The van der Waals surface area contributed by atoms with Gasteiger partial charge in [0, 0.05) is 32.8 Å². The second-order valence-electron chi connectivity index (χ2n) is 7.71. The number of carbonyl (C=O) groups is 1. The van der Waals surface area contributed by atoms with Crippen molar-refractivity contribution < 1.29 is 9.53 Å². The largest absolute Gasteiger partial charge is 0.383 e. The zero-order valence-corrected chi connectivity index (χ0v) is 19.4. The van der Waals surface area contributed by atoms with Crippen LogP contribution in [0.1, 0.15) is 36.5 Å². The summed E-state index contributed by atoms with van der Waals surface area (Å²) in [6.45, 7) is 6.45. The van der Waals surface area contributed by atoms with Gasteiger partial charge in [-0.15, -0.1) is 0 Å². The highest BCUT2D eigenvalue weighted by molar-refractivity contribution is 8.26. The van der Waals surface area contributed by atoms with Gasteiger partial charge in [-0.3, -0.25) is 19.1 Å². The van der Waals surface area contributed by atoms with E-state index in [1.54, 1.807) is 31.7 Å². The van der Waals surface area contributed by atoms with Crippen LogP contribution in [0.25, 0.3) is 6.08 Å². The van der Waals surface area contributed by atoms with Crippen LogP contribution in [0.2, 0.25) is 0 Å². The number of hydrogen-bond donors (Lipinski definition) is 0. The number of thiocarbonyl (C=S) groups is 1. The van der Waals surface area contributed by atoms with Gasteiger partial charge in [-0.1, -0.05) is 30.9 Å². The van der Waals surface area contributed by atoms with Crippen LogP contribution in [-0.2, 0) is 16.6 Å². The predicted octanol–water partition coefficient (Wildman–Crippen LogP) is 2.65. The van der Waals surface area contributed by atoms with E-state index < -0.39 is 0 Å². The monoisotopic (exact) mass is 446 g/mol. The van der Waals surface area contributed by atoms with E-state index in [1.807, 2.05) is 6.07 Å². The first-order valence-corrected chi connectivity index (χ1v) is 11.2. The molecule has 0 aliphatic carbocycles. The molecule has 1 aromatic rings. The fourth-order valence-corrected chi connectivity index (χ4v) is 5.11. The highest BCUT2D eigenvalue weighted by Crippen LogP contribution is 2.36. The number of anilines is 1. The SMILES string of the molecule is COCCN1C(=O)/C(=C\c2c(C)c(C#N)c(=O)n(C)c2N2CCC(C)CC2)SC1=S. The first-order valence-electron chi connectivity index (χ1n) is 9.93. The van der Waals surface area contributed by atoms with Gasteiger partial charge < -0.3 is 9.64 Å². The fourth-order valence-electron chi connectivity index (χ4n) is 3.82. The van der Waals surface area contributed by atoms with E-state index in [4.69, 9.17) is 17.0 Å². The van der Waals surface area contributed by atoms with Gasteiger partial charge in [0.05, 0.1) is 18.1 Å². The van der Waals surface area contributed by atoms with Crippen molar-refractivity contribution in [3.63, 3.8) is 0 Å². The molecule has 0 N–H and O–H groups in total. The highest BCUT2D eigenvalue weighted by atomic mass is 32.2. The number of piperidine rings is 1. The molecular formula is C21H26N4O3S2. The Morgan fingerprint density at radius 2 is 2.00 bits per heavy atom. The average molecular weight is 447 g/mol. The second kappa shape index (κ2) is 9.33. The van der Waals surface area contributed by atoms with E-state index in [9.17, 15) is 14.9 Å². The number of thioether (sulfide) groups is 1. The minimum Gasteiger partial charge on any atom is -0.383 e. The molecule has 0 spiro atoms. The molecular weight excluding hydrogens is 420 g/mol. The molecule has 9 heteroatoms. The summed E-state index contributed by atoms with van der Waals surface area (Å²) in [5.41, 5.74) is 1.12. The summed E-state index contributed by atoms with van der Waals surface area (Å²) < 4.78 is 7.10. The number of methoxy groups -OCH3 is 1. The smallest absolute Gasteiger partial charge is 0.270 e. The Balaban J connectivity index is 2.12. The second-order valence-corrected chi connectivity index (χ2v) is 9.38. The first kappa shape index (κ1) is 22.5. The molecule has 0 unspecified atom stereocenters. The van der Waals surface area contributed by atoms with E-state index in [2.05, 4.69) is 11.8 Å². The summed E-state index contributed by atoms with van der Waals surface area (Å²) in [5, 5.41) is 9.57. The molecule has 1 amide bonds. The Bertz CT molecular complexity index is 1000. The lowest BCUT2D eigenvalue weighted by Crippen LogP contribution is -2.38. The van der Waals surface area contributed by atoms with Gasteiger partial charge in [0.25, 0.3) is 11.5 Å². The maximum absolute atomic E-state index is 12.9. The number of ether oxygens (including phenoxy) is 1. The van der Waals surface area contributed by atoms with Gasteiger partial charge in [0.15, 0.2) is 0 Å². The van der Waals surface area contributed by atoms with E-state index >= 15 is 0 Å². The van der Waals surface area contributed by atoms with Crippen molar-refractivity contribution in [1.82, 2.24) is 9.47 Å². The van der Waals surface area contributed by atoms with Crippen molar-refractivity contribution in [3.8, 4) is 6.07 Å². The molecule has 0 bridgehead atoms. The van der Waals surface area contributed by atoms with Crippen molar-refractivity contribution >= 4 is 46.1 Å². The van der Waals surface area contributed by atoms with Crippen LogP contribution in [0.5, 0.6) is 0 Å². The third-order valence-corrected chi connectivity index (χ3v) is 7.10. The summed E-state index contributed by atoms with van der Waals surface area (Å²) in [7, 11) is 3.27. The lowest BCUT2D eigenvalue weighted by Gasteiger charge is -2.34. The predicted molar refractivity (Wildman–Crippen MR) is 124 cm³/mol. The molecule has 2 aliphatic heterocycles. The molecule has 2 aliphatic rings.